The molecule has 2 heterocycles. The molecule has 0 saturated heterocycles. The van der Waals surface area contributed by atoms with Crippen molar-refractivity contribution in [2.24, 2.45) is 0 Å². The largest absolute Gasteiger partial charge is 0.486 e. The van der Waals surface area contributed by atoms with Crippen LogP contribution in [0.15, 0.2) is 30.5 Å². The molecule has 3 rings (SSSR count). The molecule has 0 bridgehead atoms. The van der Waals surface area contributed by atoms with Crippen molar-refractivity contribution in [3.8, 4) is 11.5 Å². The Morgan fingerprint density at radius 1 is 1.14 bits per heavy atom. The van der Waals surface area contributed by atoms with Crippen molar-refractivity contribution >= 4 is 34.8 Å². The predicted molar refractivity (Wildman–Crippen MR) is 79.6 cm³/mol. The van der Waals surface area contributed by atoms with E-state index < -0.39 is 0 Å². The lowest BCUT2D eigenvalue weighted by Crippen LogP contribution is -2.17. The summed E-state index contributed by atoms with van der Waals surface area (Å²) in [6.45, 7) is 0.939. The summed E-state index contributed by atoms with van der Waals surface area (Å²) in [6, 6.07) is 6.38. The average molecular weight is 325 g/mol. The fraction of sp³-hybridized carbons (Fsp3) is 0.143. The lowest BCUT2D eigenvalue weighted by atomic mass is 10.2. The molecule has 1 aliphatic rings. The summed E-state index contributed by atoms with van der Waals surface area (Å²) < 4.78 is 10.9. The zero-order valence-electron chi connectivity index (χ0n) is 10.7. The number of ether oxygens (including phenoxy) is 2. The molecular formula is C14H10Cl2N2O3. The van der Waals surface area contributed by atoms with E-state index in [1.807, 2.05) is 0 Å². The molecule has 1 aromatic heterocycles. The van der Waals surface area contributed by atoms with Crippen LogP contribution in [0.5, 0.6) is 11.5 Å². The van der Waals surface area contributed by atoms with Crippen LogP contribution in [0.3, 0.4) is 0 Å². The predicted octanol–water partition coefficient (Wildman–Crippen LogP) is 3.41. The van der Waals surface area contributed by atoms with Crippen molar-refractivity contribution in [3.05, 3.63) is 46.2 Å². The minimum absolute atomic E-state index is 0.323. The number of amides is 1. The van der Waals surface area contributed by atoms with Gasteiger partial charge >= 0.3 is 0 Å². The molecule has 1 aliphatic heterocycles. The number of halogens is 2. The third-order valence-corrected chi connectivity index (χ3v) is 3.41. The van der Waals surface area contributed by atoms with Crippen molar-refractivity contribution in [2.45, 2.75) is 0 Å². The molecule has 108 valence electrons. The fourth-order valence-electron chi connectivity index (χ4n) is 1.86. The molecule has 1 aromatic carbocycles. The number of rotatable bonds is 2. The van der Waals surface area contributed by atoms with Gasteiger partial charge < -0.3 is 14.8 Å². The summed E-state index contributed by atoms with van der Waals surface area (Å²) in [4.78, 5) is 16.0. The first-order valence-corrected chi connectivity index (χ1v) is 6.91. The molecule has 7 heteroatoms. The first-order chi connectivity index (χ1) is 10.1. The van der Waals surface area contributed by atoms with E-state index in [0.29, 0.717) is 46.1 Å². The van der Waals surface area contributed by atoms with Gasteiger partial charge in [-0.15, -0.1) is 0 Å². The highest BCUT2D eigenvalue weighted by Gasteiger charge is 2.17. The number of carbonyl (C=O) groups excluding carboxylic acids is 1. The molecule has 0 saturated carbocycles. The van der Waals surface area contributed by atoms with Gasteiger partial charge in [-0.2, -0.15) is 0 Å². The highest BCUT2D eigenvalue weighted by Crippen LogP contribution is 2.38. The van der Waals surface area contributed by atoms with Crippen LogP contribution in [0.4, 0.5) is 5.69 Å². The Hall–Kier alpha value is -1.98. The number of nitrogens with one attached hydrogen (secondary N) is 1. The van der Waals surface area contributed by atoms with E-state index in [1.165, 1.54) is 6.20 Å². The Labute approximate surface area is 130 Å². The molecule has 21 heavy (non-hydrogen) atoms. The second-order valence-electron chi connectivity index (χ2n) is 4.30. The van der Waals surface area contributed by atoms with Crippen LogP contribution in [-0.4, -0.2) is 24.1 Å². The van der Waals surface area contributed by atoms with Crippen molar-refractivity contribution < 1.29 is 14.3 Å². The number of carbonyl (C=O) groups is 1. The molecule has 0 aliphatic carbocycles. The lowest BCUT2D eigenvalue weighted by Gasteiger charge is -2.20. The van der Waals surface area contributed by atoms with E-state index >= 15 is 0 Å². The summed E-state index contributed by atoms with van der Waals surface area (Å²) in [7, 11) is 0. The SMILES string of the molecule is O=C(Nc1cc2c(cc1Cl)OCCO2)c1ccc(Cl)nc1. The van der Waals surface area contributed by atoms with Crippen molar-refractivity contribution in [2.75, 3.05) is 18.5 Å². The molecule has 1 amide bonds. The number of pyridine rings is 1. The van der Waals surface area contributed by atoms with Gasteiger partial charge in [-0.25, -0.2) is 4.98 Å². The first kappa shape index (κ1) is 14.0. The number of fused-ring (bicyclic) bond motifs is 1. The van der Waals surface area contributed by atoms with Crippen LogP contribution >= 0.6 is 23.2 Å². The zero-order chi connectivity index (χ0) is 14.8. The number of aromatic nitrogens is 1. The summed E-state index contributed by atoms with van der Waals surface area (Å²) in [5.74, 6) is 0.783. The Balaban J connectivity index is 1.84. The molecule has 0 fully saturated rings. The van der Waals surface area contributed by atoms with E-state index in [4.69, 9.17) is 32.7 Å². The molecule has 0 atom stereocenters. The second-order valence-corrected chi connectivity index (χ2v) is 5.09. The standard InChI is InChI=1S/C14H10Cl2N2O3/c15-9-5-11-12(21-4-3-20-11)6-10(9)18-14(19)8-1-2-13(16)17-7-8/h1-2,5-7H,3-4H2,(H,18,19). The van der Waals surface area contributed by atoms with Crippen molar-refractivity contribution in [1.82, 2.24) is 4.98 Å². The van der Waals surface area contributed by atoms with Crippen molar-refractivity contribution in [3.63, 3.8) is 0 Å². The fourth-order valence-corrected chi connectivity index (χ4v) is 2.18. The van der Waals surface area contributed by atoms with Crippen LogP contribution in [0.2, 0.25) is 10.2 Å². The van der Waals surface area contributed by atoms with Gasteiger partial charge in [0.2, 0.25) is 0 Å². The summed E-state index contributed by atoms with van der Waals surface area (Å²) in [6.07, 6.45) is 1.39. The lowest BCUT2D eigenvalue weighted by molar-refractivity contribution is 0.102. The Morgan fingerprint density at radius 3 is 2.52 bits per heavy atom. The maximum absolute atomic E-state index is 12.1. The van der Waals surface area contributed by atoms with Gasteiger partial charge in [0.05, 0.1) is 16.3 Å². The van der Waals surface area contributed by atoms with E-state index in [-0.39, 0.29) is 5.91 Å². The molecule has 1 N–H and O–H groups in total. The third kappa shape index (κ3) is 3.04. The van der Waals surface area contributed by atoms with Gasteiger partial charge in [-0.05, 0) is 12.1 Å². The molecule has 2 aromatic rings. The topological polar surface area (TPSA) is 60.5 Å². The monoisotopic (exact) mass is 324 g/mol. The second kappa shape index (κ2) is 5.79. The first-order valence-electron chi connectivity index (χ1n) is 6.15. The average Bonchev–Trinajstić information content (AvgIpc) is 2.48. The number of benzene rings is 1. The molecular weight excluding hydrogens is 315 g/mol. The normalized spacial score (nSPS) is 12.9. The Kier molecular flexibility index (Phi) is 3.86. The van der Waals surface area contributed by atoms with Gasteiger partial charge in [0, 0.05) is 18.3 Å². The number of anilines is 1. The third-order valence-electron chi connectivity index (χ3n) is 2.87. The Bertz CT molecular complexity index is 689. The van der Waals surface area contributed by atoms with E-state index in [0.717, 1.165) is 0 Å². The van der Waals surface area contributed by atoms with E-state index in [9.17, 15) is 4.79 Å². The molecule has 0 unspecified atom stereocenters. The van der Waals surface area contributed by atoms with Gasteiger partial charge in [-0.1, -0.05) is 23.2 Å². The van der Waals surface area contributed by atoms with Gasteiger partial charge in [0.1, 0.15) is 18.4 Å². The van der Waals surface area contributed by atoms with Crippen LogP contribution in [0.1, 0.15) is 10.4 Å². The number of hydrogen-bond donors (Lipinski definition) is 1. The number of nitrogens with zero attached hydrogens (tertiary/aromatic N) is 1. The number of hydrogen-bond acceptors (Lipinski definition) is 4. The maximum atomic E-state index is 12.1. The minimum atomic E-state index is -0.335. The van der Waals surface area contributed by atoms with E-state index in [2.05, 4.69) is 10.3 Å². The summed E-state index contributed by atoms with van der Waals surface area (Å²) >= 11 is 11.8. The van der Waals surface area contributed by atoms with Crippen molar-refractivity contribution in [1.29, 1.82) is 0 Å². The van der Waals surface area contributed by atoms with Crippen LogP contribution in [-0.2, 0) is 0 Å². The summed E-state index contributed by atoms with van der Waals surface area (Å²) in [5.41, 5.74) is 0.825. The molecule has 0 spiro atoms. The Morgan fingerprint density at radius 2 is 1.86 bits per heavy atom. The molecule has 5 nitrogen and oxygen atoms in total. The summed E-state index contributed by atoms with van der Waals surface area (Å²) in [5, 5.41) is 3.40. The molecule has 0 radical (unpaired) electrons. The minimum Gasteiger partial charge on any atom is -0.486 e. The van der Waals surface area contributed by atoms with Crippen LogP contribution in [0, 0.1) is 0 Å². The maximum Gasteiger partial charge on any atom is 0.257 e. The van der Waals surface area contributed by atoms with Gasteiger partial charge in [0.25, 0.3) is 5.91 Å². The smallest absolute Gasteiger partial charge is 0.257 e. The van der Waals surface area contributed by atoms with Crippen LogP contribution in [0.25, 0.3) is 0 Å². The van der Waals surface area contributed by atoms with Gasteiger partial charge in [-0.3, -0.25) is 4.79 Å². The van der Waals surface area contributed by atoms with Crippen LogP contribution < -0.4 is 14.8 Å². The quantitative estimate of drug-likeness (QED) is 0.860. The highest BCUT2D eigenvalue weighted by atomic mass is 35.5. The van der Waals surface area contributed by atoms with Gasteiger partial charge in [0.15, 0.2) is 11.5 Å². The van der Waals surface area contributed by atoms with E-state index in [1.54, 1.807) is 24.3 Å². The zero-order valence-corrected chi connectivity index (χ0v) is 12.2. The highest BCUT2D eigenvalue weighted by molar-refractivity contribution is 6.34.